The molecule has 3 saturated carbocycles. The second-order valence-electron chi connectivity index (χ2n) is 3.87. The molecule has 0 N–H and O–H groups in total. The van der Waals surface area contributed by atoms with Crippen molar-refractivity contribution < 1.29 is 4.92 Å². The molecule has 0 aliphatic heterocycles. The highest BCUT2D eigenvalue weighted by Gasteiger charge is 2.42. The molecule has 1 atom stereocenters. The summed E-state index contributed by atoms with van der Waals surface area (Å²) < 4.78 is 0. The Hall–Kier alpha value is -0.600. The van der Waals surface area contributed by atoms with E-state index in [1.54, 1.807) is 0 Å². The molecule has 3 aliphatic carbocycles. The summed E-state index contributed by atoms with van der Waals surface area (Å²) in [5.41, 5.74) is 0. The predicted molar refractivity (Wildman–Crippen MR) is 40.8 cm³/mol. The summed E-state index contributed by atoms with van der Waals surface area (Å²) >= 11 is 0. The number of rotatable bonds is 1. The van der Waals surface area contributed by atoms with E-state index < -0.39 is 0 Å². The van der Waals surface area contributed by atoms with E-state index >= 15 is 0 Å². The third-order valence-electron chi connectivity index (χ3n) is 3.28. The minimum Gasteiger partial charge on any atom is -0.264 e. The van der Waals surface area contributed by atoms with E-state index in [0.717, 1.165) is 19.3 Å². The van der Waals surface area contributed by atoms with Crippen LogP contribution in [0.5, 0.6) is 0 Å². The summed E-state index contributed by atoms with van der Waals surface area (Å²) in [4.78, 5) is 10.5. The first-order valence-corrected chi connectivity index (χ1v) is 4.41. The fourth-order valence-corrected chi connectivity index (χ4v) is 2.60. The summed E-state index contributed by atoms with van der Waals surface area (Å²) in [6.45, 7) is 0. The Kier molecular flexibility index (Phi) is 1.59. The van der Waals surface area contributed by atoms with Gasteiger partial charge in [0.2, 0.25) is 6.04 Å². The van der Waals surface area contributed by atoms with Gasteiger partial charge in [-0.1, -0.05) is 0 Å². The average Bonchev–Trinajstić information content (AvgIpc) is 2.06. The van der Waals surface area contributed by atoms with E-state index in [0.29, 0.717) is 11.8 Å². The van der Waals surface area contributed by atoms with Crippen molar-refractivity contribution in [1.82, 2.24) is 0 Å². The molecule has 0 aromatic heterocycles. The fraction of sp³-hybridized carbons (Fsp3) is 1.00. The van der Waals surface area contributed by atoms with Crippen LogP contribution in [0.2, 0.25) is 0 Å². The third kappa shape index (κ3) is 1.12. The van der Waals surface area contributed by atoms with Crippen molar-refractivity contribution in [2.45, 2.75) is 38.1 Å². The number of nitrogens with zero attached hydrogens (tertiary/aromatic N) is 1. The first-order valence-electron chi connectivity index (χ1n) is 4.41. The predicted octanol–water partition coefficient (Wildman–Crippen LogP) is 1.84. The zero-order valence-electron chi connectivity index (χ0n) is 6.53. The van der Waals surface area contributed by atoms with Gasteiger partial charge >= 0.3 is 0 Å². The molecule has 11 heavy (non-hydrogen) atoms. The first-order chi connectivity index (χ1) is 5.27. The molecule has 0 spiro atoms. The highest BCUT2D eigenvalue weighted by atomic mass is 16.6. The number of hydrogen-bond acceptors (Lipinski definition) is 2. The fourth-order valence-electron chi connectivity index (χ4n) is 2.60. The van der Waals surface area contributed by atoms with E-state index in [1.165, 1.54) is 12.8 Å². The minimum absolute atomic E-state index is 0.0595. The first kappa shape index (κ1) is 7.07. The zero-order valence-corrected chi connectivity index (χ0v) is 6.53. The van der Waals surface area contributed by atoms with Crippen LogP contribution in [0, 0.1) is 22.0 Å². The lowest BCUT2D eigenvalue weighted by molar-refractivity contribution is -0.540. The van der Waals surface area contributed by atoms with Crippen molar-refractivity contribution in [3.8, 4) is 0 Å². The number of hydrogen-bond donors (Lipinski definition) is 0. The molecule has 3 nitrogen and oxygen atoms in total. The highest BCUT2D eigenvalue weighted by Crippen LogP contribution is 2.42. The molecule has 0 aromatic carbocycles. The molecule has 0 radical (unpaired) electrons. The second kappa shape index (κ2) is 2.47. The van der Waals surface area contributed by atoms with Crippen molar-refractivity contribution >= 4 is 0 Å². The van der Waals surface area contributed by atoms with Gasteiger partial charge in [0.1, 0.15) is 0 Å². The van der Waals surface area contributed by atoms with Gasteiger partial charge in [0, 0.05) is 17.3 Å². The topological polar surface area (TPSA) is 43.1 Å². The molecule has 3 heteroatoms. The molecule has 0 aromatic rings. The molecular weight excluding hydrogens is 142 g/mol. The molecule has 0 unspecified atom stereocenters. The Labute approximate surface area is 65.9 Å². The number of nitro groups is 1. The van der Waals surface area contributed by atoms with E-state index in [4.69, 9.17) is 0 Å². The van der Waals surface area contributed by atoms with Gasteiger partial charge in [0.15, 0.2) is 0 Å². The van der Waals surface area contributed by atoms with Gasteiger partial charge in [-0.3, -0.25) is 10.1 Å². The van der Waals surface area contributed by atoms with E-state index in [1.807, 2.05) is 0 Å². The molecule has 0 saturated heterocycles. The van der Waals surface area contributed by atoms with Crippen LogP contribution in [0.25, 0.3) is 0 Å². The van der Waals surface area contributed by atoms with E-state index in [9.17, 15) is 10.1 Å². The maximum atomic E-state index is 10.5. The maximum Gasteiger partial charge on any atom is 0.216 e. The van der Waals surface area contributed by atoms with Crippen LogP contribution in [0.15, 0.2) is 0 Å². The highest BCUT2D eigenvalue weighted by molar-refractivity contribution is 4.86. The van der Waals surface area contributed by atoms with Gasteiger partial charge in [0.05, 0.1) is 0 Å². The normalized spacial score (nSPS) is 42.4. The Morgan fingerprint density at radius 2 is 1.82 bits per heavy atom. The van der Waals surface area contributed by atoms with Crippen molar-refractivity contribution in [1.29, 1.82) is 0 Å². The standard InChI is InChI=1S/C8H13NO2/c10-9(11)8-5-6-1-3-7(8)4-2-6/h6-8H,1-5H2/t6?,7?,8-/m0/s1. The second-order valence-corrected chi connectivity index (χ2v) is 3.87. The minimum atomic E-state index is -0.192. The number of fused-ring (bicyclic) bond motifs is 3. The van der Waals surface area contributed by atoms with Crippen molar-refractivity contribution in [2.75, 3.05) is 0 Å². The maximum absolute atomic E-state index is 10.5. The summed E-state index contributed by atoms with van der Waals surface area (Å²) in [6, 6.07) is -0.192. The van der Waals surface area contributed by atoms with Crippen LogP contribution >= 0.6 is 0 Å². The monoisotopic (exact) mass is 155 g/mol. The summed E-state index contributed by atoms with van der Waals surface area (Å²) in [7, 11) is 0. The average molecular weight is 155 g/mol. The van der Waals surface area contributed by atoms with Crippen LogP contribution in [0.1, 0.15) is 32.1 Å². The SMILES string of the molecule is O=[N+]([O-])[C@H]1CC2CCC1CC2. The summed E-state index contributed by atoms with van der Waals surface area (Å²) in [5.74, 6) is 1.09. The zero-order chi connectivity index (χ0) is 7.84. The van der Waals surface area contributed by atoms with Crippen molar-refractivity contribution in [3.05, 3.63) is 10.1 Å². The lowest BCUT2D eigenvalue weighted by atomic mass is 9.68. The van der Waals surface area contributed by atoms with Crippen molar-refractivity contribution in [3.63, 3.8) is 0 Å². The van der Waals surface area contributed by atoms with Gasteiger partial charge in [0.25, 0.3) is 0 Å². The van der Waals surface area contributed by atoms with Gasteiger partial charge < -0.3 is 0 Å². The molecule has 3 rings (SSSR count). The van der Waals surface area contributed by atoms with Gasteiger partial charge in [-0.15, -0.1) is 0 Å². The van der Waals surface area contributed by atoms with Crippen LogP contribution in [0.4, 0.5) is 0 Å². The quantitative estimate of drug-likeness (QED) is 0.428. The lowest BCUT2D eigenvalue weighted by Gasteiger charge is -2.37. The van der Waals surface area contributed by atoms with Crippen LogP contribution in [-0.2, 0) is 0 Å². The molecule has 3 fully saturated rings. The van der Waals surface area contributed by atoms with Crippen LogP contribution in [-0.4, -0.2) is 11.0 Å². The molecular formula is C8H13NO2. The van der Waals surface area contributed by atoms with Gasteiger partial charge in [-0.2, -0.15) is 0 Å². The smallest absolute Gasteiger partial charge is 0.216 e. The van der Waals surface area contributed by atoms with Gasteiger partial charge in [-0.05, 0) is 31.6 Å². The Morgan fingerprint density at radius 1 is 1.18 bits per heavy atom. The molecule has 3 aliphatic rings. The molecule has 0 amide bonds. The van der Waals surface area contributed by atoms with E-state index in [2.05, 4.69) is 0 Å². The van der Waals surface area contributed by atoms with E-state index in [-0.39, 0.29) is 11.0 Å². The lowest BCUT2D eigenvalue weighted by Crippen LogP contribution is -2.40. The third-order valence-corrected chi connectivity index (χ3v) is 3.28. The largest absolute Gasteiger partial charge is 0.264 e. The Balaban J connectivity index is 2.08. The molecule has 2 bridgehead atoms. The molecule has 62 valence electrons. The van der Waals surface area contributed by atoms with Crippen LogP contribution in [0.3, 0.4) is 0 Å². The Bertz CT molecular complexity index is 173. The van der Waals surface area contributed by atoms with Gasteiger partial charge in [-0.25, -0.2) is 0 Å². The summed E-state index contributed by atoms with van der Waals surface area (Å²) in [6.07, 6.45) is 5.56. The van der Waals surface area contributed by atoms with Crippen LogP contribution < -0.4 is 0 Å². The Morgan fingerprint density at radius 3 is 2.09 bits per heavy atom. The molecule has 0 heterocycles. The summed E-state index contributed by atoms with van der Waals surface area (Å²) in [5, 5.41) is 10.5. The van der Waals surface area contributed by atoms with Crippen molar-refractivity contribution in [2.24, 2.45) is 11.8 Å².